The van der Waals surface area contributed by atoms with Gasteiger partial charge in [-0.3, -0.25) is 4.79 Å². The van der Waals surface area contributed by atoms with E-state index in [0.717, 1.165) is 11.1 Å². The van der Waals surface area contributed by atoms with E-state index in [1.807, 2.05) is 6.08 Å². The van der Waals surface area contributed by atoms with Gasteiger partial charge in [-0.25, -0.2) is 0 Å². The van der Waals surface area contributed by atoms with Crippen LogP contribution in [0.3, 0.4) is 0 Å². The van der Waals surface area contributed by atoms with Gasteiger partial charge in [-0.05, 0) is 11.1 Å². The molecule has 0 N–H and O–H groups in total. The van der Waals surface area contributed by atoms with Gasteiger partial charge in [-0.2, -0.15) is 0 Å². The van der Waals surface area contributed by atoms with E-state index in [9.17, 15) is 4.79 Å². The summed E-state index contributed by atoms with van der Waals surface area (Å²) >= 11 is 0. The maximum Gasteiger partial charge on any atom is 0.141 e. The molecule has 52 valence electrons. The lowest BCUT2D eigenvalue weighted by molar-refractivity contribution is -0.116. The highest BCUT2D eigenvalue weighted by molar-refractivity contribution is 5.89. The Labute approximate surface area is 60.7 Å². The van der Waals surface area contributed by atoms with Gasteiger partial charge in [0.05, 0.1) is 0 Å². The molecule has 1 aliphatic rings. The van der Waals surface area contributed by atoms with Gasteiger partial charge in [0.2, 0.25) is 0 Å². The van der Waals surface area contributed by atoms with Crippen LogP contribution in [0.5, 0.6) is 0 Å². The Balaban J connectivity index is 2.81. The van der Waals surface area contributed by atoms with Gasteiger partial charge in [0.15, 0.2) is 0 Å². The predicted octanol–water partition coefficient (Wildman–Crippen LogP) is 2.02. The Morgan fingerprint density at radius 1 is 1.40 bits per heavy atom. The topological polar surface area (TPSA) is 17.1 Å². The molecule has 0 aromatic rings. The Hall–Kier alpha value is -1.11. The van der Waals surface area contributed by atoms with Crippen molar-refractivity contribution < 1.29 is 4.79 Å². The molecule has 0 aliphatic heterocycles. The molecule has 0 unspecified atom stereocenters. The number of Topliss-reactive ketones (excluding diaryl/α,β-unsaturated/α-hetero) is 1. The van der Waals surface area contributed by atoms with Crippen molar-refractivity contribution >= 4 is 5.78 Å². The number of carbonyl (C=O) groups excluding carboxylic acids is 1. The lowest BCUT2D eigenvalue weighted by Gasteiger charge is -1.90. The summed E-state index contributed by atoms with van der Waals surface area (Å²) < 4.78 is 0. The smallest absolute Gasteiger partial charge is 0.141 e. The molecule has 1 rings (SSSR count). The van der Waals surface area contributed by atoms with E-state index in [4.69, 9.17) is 0 Å². The molecule has 0 amide bonds. The van der Waals surface area contributed by atoms with Crippen molar-refractivity contribution in [2.75, 3.05) is 0 Å². The number of allylic oxidation sites excluding steroid dienone is 4. The molecule has 1 heteroatoms. The minimum absolute atomic E-state index is 0.262. The Morgan fingerprint density at radius 2 is 2.10 bits per heavy atom. The summed E-state index contributed by atoms with van der Waals surface area (Å²) in [5, 5.41) is 0. The van der Waals surface area contributed by atoms with Crippen LogP contribution in [-0.2, 0) is 4.79 Å². The van der Waals surface area contributed by atoms with Gasteiger partial charge in [0.25, 0.3) is 0 Å². The maximum absolute atomic E-state index is 10.8. The number of rotatable bonds is 1. The van der Waals surface area contributed by atoms with Gasteiger partial charge in [0.1, 0.15) is 5.78 Å². The highest BCUT2D eigenvalue weighted by Gasteiger charge is 2.18. The summed E-state index contributed by atoms with van der Waals surface area (Å²) in [7, 11) is 0. The van der Waals surface area contributed by atoms with Crippen molar-refractivity contribution in [2.24, 2.45) is 0 Å². The van der Waals surface area contributed by atoms with E-state index in [0.29, 0.717) is 12.8 Å². The quantitative estimate of drug-likeness (QED) is 0.536. The molecule has 1 saturated carbocycles. The van der Waals surface area contributed by atoms with Crippen LogP contribution in [0.25, 0.3) is 0 Å². The van der Waals surface area contributed by atoms with Gasteiger partial charge < -0.3 is 0 Å². The number of ketones is 1. The highest BCUT2D eigenvalue weighted by Crippen LogP contribution is 2.25. The van der Waals surface area contributed by atoms with Gasteiger partial charge in [-0.15, -0.1) is 0 Å². The van der Waals surface area contributed by atoms with Crippen molar-refractivity contribution in [3.8, 4) is 0 Å². The second-order valence-corrected chi connectivity index (χ2v) is 2.42. The number of hydrogen-bond acceptors (Lipinski definition) is 1. The zero-order chi connectivity index (χ0) is 7.56. The molecule has 1 nitrogen and oxygen atoms in total. The van der Waals surface area contributed by atoms with Gasteiger partial charge >= 0.3 is 0 Å². The molecular weight excluding hydrogens is 124 g/mol. The normalized spacial score (nSPS) is 22.2. The minimum atomic E-state index is 0.262. The second-order valence-electron chi connectivity index (χ2n) is 2.42. The van der Waals surface area contributed by atoms with Crippen molar-refractivity contribution in [1.29, 1.82) is 0 Å². The summed E-state index contributed by atoms with van der Waals surface area (Å²) in [5.41, 5.74) is 1.99. The molecule has 0 aromatic heterocycles. The van der Waals surface area contributed by atoms with Crippen LogP contribution in [0.15, 0.2) is 36.5 Å². The van der Waals surface area contributed by atoms with Gasteiger partial charge in [0, 0.05) is 12.8 Å². The van der Waals surface area contributed by atoms with Crippen molar-refractivity contribution in [1.82, 2.24) is 0 Å². The average Bonchev–Trinajstić information content (AvgIpc) is 2.13. The molecule has 0 saturated heterocycles. The van der Waals surface area contributed by atoms with Crippen LogP contribution in [0.2, 0.25) is 0 Å². The molecule has 1 fully saturated rings. The van der Waals surface area contributed by atoms with Crippen LogP contribution >= 0.6 is 0 Å². The highest BCUT2D eigenvalue weighted by atomic mass is 16.1. The fourth-order valence-corrected chi connectivity index (χ4v) is 1.07. The molecule has 10 heavy (non-hydrogen) atoms. The zero-order valence-corrected chi connectivity index (χ0v) is 5.89. The van der Waals surface area contributed by atoms with E-state index < -0.39 is 0 Å². The van der Waals surface area contributed by atoms with E-state index in [1.54, 1.807) is 6.08 Å². The Kier molecular flexibility index (Phi) is 1.86. The molecule has 0 heterocycles. The van der Waals surface area contributed by atoms with Crippen LogP contribution < -0.4 is 0 Å². The van der Waals surface area contributed by atoms with E-state index in [2.05, 4.69) is 13.2 Å². The lowest BCUT2D eigenvalue weighted by Crippen LogP contribution is -1.83. The monoisotopic (exact) mass is 134 g/mol. The molecule has 0 bridgehead atoms. The predicted molar refractivity (Wildman–Crippen MR) is 41.7 cm³/mol. The molecule has 0 radical (unpaired) electrons. The molecule has 1 aliphatic carbocycles. The standard InChI is InChI=1S/C9H10O/c1-3-4-8-6-9(10)5-7(8)2/h3-4H,1-2,5-6H2/b8-4-. The van der Waals surface area contributed by atoms with Crippen molar-refractivity contribution in [3.05, 3.63) is 36.5 Å². The second kappa shape index (κ2) is 2.65. The third-order valence-electron chi connectivity index (χ3n) is 1.57. The minimum Gasteiger partial charge on any atom is -0.299 e. The van der Waals surface area contributed by atoms with E-state index >= 15 is 0 Å². The first-order chi connectivity index (χ1) is 4.74. The van der Waals surface area contributed by atoms with Crippen LogP contribution in [0, 0.1) is 0 Å². The average molecular weight is 134 g/mol. The van der Waals surface area contributed by atoms with Crippen molar-refractivity contribution in [2.45, 2.75) is 12.8 Å². The summed E-state index contributed by atoms with van der Waals surface area (Å²) in [5.74, 6) is 0.262. The van der Waals surface area contributed by atoms with E-state index in [1.165, 1.54) is 0 Å². The summed E-state index contributed by atoms with van der Waals surface area (Å²) in [6.07, 6.45) is 4.62. The third-order valence-corrected chi connectivity index (χ3v) is 1.57. The van der Waals surface area contributed by atoms with Crippen LogP contribution in [0.1, 0.15) is 12.8 Å². The summed E-state index contributed by atoms with van der Waals surface area (Å²) in [4.78, 5) is 10.8. The lowest BCUT2D eigenvalue weighted by atomic mass is 10.1. The van der Waals surface area contributed by atoms with Crippen molar-refractivity contribution in [3.63, 3.8) is 0 Å². The zero-order valence-electron chi connectivity index (χ0n) is 5.89. The fraction of sp³-hybridized carbons (Fsp3) is 0.222. The first kappa shape index (κ1) is 7.00. The maximum atomic E-state index is 10.8. The van der Waals surface area contributed by atoms with Gasteiger partial charge in [-0.1, -0.05) is 25.3 Å². The van der Waals surface area contributed by atoms with E-state index in [-0.39, 0.29) is 5.78 Å². The summed E-state index contributed by atoms with van der Waals surface area (Å²) in [6, 6.07) is 0. The Morgan fingerprint density at radius 3 is 2.50 bits per heavy atom. The Bertz CT molecular complexity index is 221. The molecule has 0 atom stereocenters. The SMILES string of the molecule is C=C/C=C1/CC(=O)CC1=C. The molecule has 0 aromatic carbocycles. The first-order valence-corrected chi connectivity index (χ1v) is 3.25. The largest absolute Gasteiger partial charge is 0.299 e. The molecular formula is C9H10O. The first-order valence-electron chi connectivity index (χ1n) is 3.25. The molecule has 0 spiro atoms. The number of carbonyl (C=O) groups is 1. The van der Waals surface area contributed by atoms with Crippen LogP contribution in [0.4, 0.5) is 0 Å². The third kappa shape index (κ3) is 1.24. The number of hydrogen-bond donors (Lipinski definition) is 0. The fourth-order valence-electron chi connectivity index (χ4n) is 1.07. The summed E-state index contributed by atoms with van der Waals surface area (Å²) in [6.45, 7) is 7.32. The van der Waals surface area contributed by atoms with Crippen LogP contribution in [-0.4, -0.2) is 5.78 Å².